The zero-order valence-electron chi connectivity index (χ0n) is 18.7. The van der Waals surface area contributed by atoms with Crippen molar-refractivity contribution in [1.29, 1.82) is 0 Å². The number of alkyl halides is 3. The van der Waals surface area contributed by atoms with Crippen LogP contribution in [0, 0.1) is 5.95 Å². The van der Waals surface area contributed by atoms with Crippen LogP contribution in [0.1, 0.15) is 28.7 Å². The maximum absolute atomic E-state index is 14.4. The molecule has 0 bridgehead atoms. The van der Waals surface area contributed by atoms with Crippen molar-refractivity contribution < 1.29 is 27.2 Å². The quantitative estimate of drug-likeness (QED) is 0.431. The molecule has 0 saturated carbocycles. The number of carbonyl (C=O) groups is 2. The van der Waals surface area contributed by atoms with Gasteiger partial charge in [0.2, 0.25) is 5.95 Å². The predicted octanol–water partition coefficient (Wildman–Crippen LogP) is 2.46. The van der Waals surface area contributed by atoms with Gasteiger partial charge in [-0.1, -0.05) is 0 Å². The Morgan fingerprint density at radius 3 is 2.38 bits per heavy atom. The van der Waals surface area contributed by atoms with E-state index in [2.05, 4.69) is 25.9 Å². The van der Waals surface area contributed by atoms with Gasteiger partial charge in [-0.05, 0) is 36.8 Å². The van der Waals surface area contributed by atoms with Crippen LogP contribution in [0.15, 0.2) is 24.3 Å². The molecule has 3 N–H and O–H groups in total. The van der Waals surface area contributed by atoms with Crippen molar-refractivity contribution >= 4 is 23.4 Å². The summed E-state index contributed by atoms with van der Waals surface area (Å²) in [5.41, 5.74) is -0.535. The van der Waals surface area contributed by atoms with Gasteiger partial charge in [-0.3, -0.25) is 15.0 Å². The first-order valence-electron chi connectivity index (χ1n) is 10.6. The van der Waals surface area contributed by atoms with Crippen LogP contribution in [-0.2, 0) is 12.7 Å². The largest absolute Gasteiger partial charge is 0.433 e. The monoisotopic (exact) mass is 483 g/mol. The lowest BCUT2D eigenvalue weighted by Crippen LogP contribution is -2.46. The Morgan fingerprint density at radius 1 is 1.09 bits per heavy atom. The Labute approximate surface area is 193 Å². The Hall–Kier alpha value is -3.48. The molecule has 13 heteroatoms. The minimum Gasteiger partial charge on any atom is -0.365 e. The fourth-order valence-corrected chi connectivity index (χ4v) is 3.53. The summed E-state index contributed by atoms with van der Waals surface area (Å²) in [6.07, 6.45) is -4.67. The number of rotatable bonds is 6. The summed E-state index contributed by atoms with van der Waals surface area (Å²) in [6.45, 7) is 3.94. The average molecular weight is 483 g/mol. The molecule has 0 spiro atoms. The smallest absolute Gasteiger partial charge is 0.365 e. The first-order chi connectivity index (χ1) is 16.1. The minimum atomic E-state index is -4.67. The van der Waals surface area contributed by atoms with Gasteiger partial charge in [0.05, 0.1) is 5.69 Å². The van der Waals surface area contributed by atoms with E-state index in [0.717, 1.165) is 6.07 Å². The Morgan fingerprint density at radius 2 is 1.79 bits per heavy atom. The number of amides is 3. The van der Waals surface area contributed by atoms with Crippen LogP contribution in [0.3, 0.4) is 0 Å². The third-order valence-electron chi connectivity index (χ3n) is 5.16. The van der Waals surface area contributed by atoms with Gasteiger partial charge < -0.3 is 15.5 Å². The Kier molecular flexibility index (Phi) is 7.87. The number of hydrogen-bond acceptors (Lipinski definition) is 6. The van der Waals surface area contributed by atoms with Crippen LogP contribution in [0.5, 0.6) is 0 Å². The molecule has 3 amide bonds. The summed E-state index contributed by atoms with van der Waals surface area (Å²) >= 11 is 0. The van der Waals surface area contributed by atoms with Crippen molar-refractivity contribution in [3.63, 3.8) is 0 Å². The number of anilines is 2. The summed E-state index contributed by atoms with van der Waals surface area (Å²) in [5.74, 6) is -1.45. The molecule has 34 heavy (non-hydrogen) atoms. The number of piperazine rings is 1. The predicted molar refractivity (Wildman–Crippen MR) is 117 cm³/mol. The van der Waals surface area contributed by atoms with Crippen molar-refractivity contribution in [1.82, 2.24) is 25.5 Å². The number of pyridine rings is 2. The molecular weight excluding hydrogens is 458 g/mol. The SMILES string of the molecule is CCNC(=O)Nc1cc(CN2CCN(c3ccc(C(=O)NC)nc3F)CC2)cc(C(F)(F)F)n1. The molecule has 1 aliphatic rings. The number of hydrogen-bond donors (Lipinski definition) is 3. The summed E-state index contributed by atoms with van der Waals surface area (Å²) in [7, 11) is 1.43. The maximum atomic E-state index is 14.4. The molecule has 2 aromatic heterocycles. The standard InChI is InChI=1S/C21H25F4N7O2/c1-3-27-20(34)30-17-11-13(10-16(29-17)21(23,24)25)12-31-6-8-32(9-7-31)15-5-4-14(19(33)26-2)28-18(15)22/h4-5,10-11H,3,6-9,12H2,1-2H3,(H,26,33)(H2,27,29,30,34). The molecule has 0 radical (unpaired) electrons. The Bertz CT molecular complexity index is 1040. The number of carbonyl (C=O) groups excluding carboxylic acids is 2. The third-order valence-corrected chi connectivity index (χ3v) is 5.16. The molecule has 1 fully saturated rings. The topological polar surface area (TPSA) is 102 Å². The molecule has 1 saturated heterocycles. The van der Waals surface area contributed by atoms with Crippen LogP contribution in [0.4, 0.5) is 33.9 Å². The highest BCUT2D eigenvalue weighted by Gasteiger charge is 2.33. The molecule has 9 nitrogen and oxygen atoms in total. The van der Waals surface area contributed by atoms with Crippen molar-refractivity contribution in [3.8, 4) is 0 Å². The first-order valence-corrected chi connectivity index (χ1v) is 10.6. The van der Waals surface area contributed by atoms with Crippen LogP contribution >= 0.6 is 0 Å². The second kappa shape index (κ2) is 10.6. The van der Waals surface area contributed by atoms with Gasteiger partial charge in [0.15, 0.2) is 0 Å². The highest BCUT2D eigenvalue weighted by molar-refractivity contribution is 5.92. The fraction of sp³-hybridized carbons (Fsp3) is 0.429. The highest BCUT2D eigenvalue weighted by Crippen LogP contribution is 2.30. The van der Waals surface area contributed by atoms with Gasteiger partial charge in [0.25, 0.3) is 5.91 Å². The number of urea groups is 1. The van der Waals surface area contributed by atoms with Crippen LogP contribution in [0.25, 0.3) is 0 Å². The van der Waals surface area contributed by atoms with E-state index in [1.807, 2.05) is 4.90 Å². The zero-order valence-corrected chi connectivity index (χ0v) is 18.7. The number of nitrogens with one attached hydrogen (secondary N) is 3. The van der Waals surface area contributed by atoms with Crippen molar-refractivity contribution in [2.45, 2.75) is 19.6 Å². The molecule has 3 rings (SSSR count). The van der Waals surface area contributed by atoms with Gasteiger partial charge in [-0.15, -0.1) is 0 Å². The molecule has 1 aliphatic heterocycles. The summed E-state index contributed by atoms with van der Waals surface area (Å²) < 4.78 is 54.4. The second-order valence-electron chi connectivity index (χ2n) is 7.58. The molecule has 2 aromatic rings. The Balaban J connectivity index is 1.68. The summed E-state index contributed by atoms with van der Waals surface area (Å²) in [6, 6.07) is 4.63. The zero-order chi connectivity index (χ0) is 24.9. The van der Waals surface area contributed by atoms with Crippen LogP contribution < -0.4 is 20.9 Å². The lowest BCUT2D eigenvalue weighted by molar-refractivity contribution is -0.141. The molecule has 184 valence electrons. The molecule has 0 aliphatic carbocycles. The van der Waals surface area contributed by atoms with Gasteiger partial charge >= 0.3 is 12.2 Å². The van der Waals surface area contributed by atoms with E-state index >= 15 is 0 Å². The fourth-order valence-electron chi connectivity index (χ4n) is 3.53. The van der Waals surface area contributed by atoms with E-state index in [4.69, 9.17) is 0 Å². The lowest BCUT2D eigenvalue weighted by Gasteiger charge is -2.36. The lowest BCUT2D eigenvalue weighted by atomic mass is 10.1. The molecular formula is C21H25F4N7O2. The van der Waals surface area contributed by atoms with E-state index in [1.54, 1.807) is 11.8 Å². The second-order valence-corrected chi connectivity index (χ2v) is 7.58. The van der Waals surface area contributed by atoms with E-state index in [9.17, 15) is 27.2 Å². The van der Waals surface area contributed by atoms with Crippen LogP contribution in [0.2, 0.25) is 0 Å². The van der Waals surface area contributed by atoms with Gasteiger partial charge in [0, 0.05) is 46.3 Å². The van der Waals surface area contributed by atoms with Crippen molar-refractivity contribution in [2.75, 3.05) is 50.0 Å². The van der Waals surface area contributed by atoms with Gasteiger partial charge in [0.1, 0.15) is 17.2 Å². The first kappa shape index (κ1) is 25.1. The molecule has 3 heterocycles. The van der Waals surface area contributed by atoms with Gasteiger partial charge in [-0.2, -0.15) is 17.6 Å². The van der Waals surface area contributed by atoms with E-state index in [1.165, 1.54) is 25.2 Å². The summed E-state index contributed by atoms with van der Waals surface area (Å²) in [5, 5.41) is 7.15. The van der Waals surface area contributed by atoms with Crippen LogP contribution in [-0.4, -0.2) is 66.6 Å². The van der Waals surface area contributed by atoms with E-state index in [-0.39, 0.29) is 23.7 Å². The maximum Gasteiger partial charge on any atom is 0.433 e. The van der Waals surface area contributed by atoms with E-state index in [0.29, 0.717) is 38.3 Å². The number of halogens is 4. The minimum absolute atomic E-state index is 0.0300. The van der Waals surface area contributed by atoms with Gasteiger partial charge in [-0.25, -0.2) is 14.8 Å². The average Bonchev–Trinajstić information content (AvgIpc) is 2.78. The third kappa shape index (κ3) is 6.31. The molecule has 0 aromatic carbocycles. The number of aromatic nitrogens is 2. The van der Waals surface area contributed by atoms with Crippen molar-refractivity contribution in [2.24, 2.45) is 0 Å². The summed E-state index contributed by atoms with van der Waals surface area (Å²) in [4.78, 5) is 34.2. The highest BCUT2D eigenvalue weighted by atomic mass is 19.4. The molecule has 0 unspecified atom stereocenters. The van der Waals surface area contributed by atoms with Crippen molar-refractivity contribution in [3.05, 3.63) is 47.2 Å². The normalized spacial score (nSPS) is 14.6. The molecule has 0 atom stereocenters. The number of nitrogens with zero attached hydrogens (tertiary/aromatic N) is 4. The van der Waals surface area contributed by atoms with E-state index < -0.39 is 29.8 Å².